The van der Waals surface area contributed by atoms with Gasteiger partial charge in [-0.2, -0.15) is 0 Å². The number of imidazole rings is 1. The van der Waals surface area contributed by atoms with Gasteiger partial charge in [0.1, 0.15) is 11.6 Å². The third-order valence-corrected chi connectivity index (χ3v) is 2.68. The lowest BCUT2D eigenvalue weighted by molar-refractivity contribution is -0.118. The Morgan fingerprint density at radius 3 is 2.78 bits per heavy atom. The fourth-order valence-corrected chi connectivity index (χ4v) is 1.79. The first-order valence-corrected chi connectivity index (χ1v) is 6.69. The van der Waals surface area contributed by atoms with Crippen molar-refractivity contribution < 1.29 is 4.79 Å². The van der Waals surface area contributed by atoms with E-state index < -0.39 is 0 Å². The van der Waals surface area contributed by atoms with Crippen molar-refractivity contribution in [3.05, 3.63) is 18.2 Å². The first-order valence-electron chi connectivity index (χ1n) is 6.69. The van der Waals surface area contributed by atoms with Crippen LogP contribution in [-0.2, 0) is 17.8 Å². The molecule has 4 heteroatoms. The molecule has 0 bridgehead atoms. The first-order chi connectivity index (χ1) is 8.42. The minimum Gasteiger partial charge on any atom is -0.335 e. The molecule has 1 heterocycles. The van der Waals surface area contributed by atoms with Gasteiger partial charge in [-0.15, -0.1) is 0 Å². The molecule has 1 aromatic heterocycles. The zero-order valence-electron chi connectivity index (χ0n) is 12.0. The van der Waals surface area contributed by atoms with Gasteiger partial charge in [-0.25, -0.2) is 4.98 Å². The average molecular weight is 251 g/mol. The number of aromatic nitrogens is 2. The number of hydrogen-bond acceptors (Lipinski definition) is 3. The smallest absolute Gasteiger partial charge is 0.141 e. The van der Waals surface area contributed by atoms with Gasteiger partial charge in [0.2, 0.25) is 0 Å². The molecule has 0 saturated heterocycles. The summed E-state index contributed by atoms with van der Waals surface area (Å²) in [7, 11) is 0. The van der Waals surface area contributed by atoms with Crippen molar-refractivity contribution in [3.8, 4) is 0 Å². The van der Waals surface area contributed by atoms with Crippen LogP contribution < -0.4 is 5.32 Å². The molecule has 102 valence electrons. The van der Waals surface area contributed by atoms with Crippen LogP contribution in [0.25, 0.3) is 0 Å². The topological polar surface area (TPSA) is 46.9 Å². The van der Waals surface area contributed by atoms with Crippen LogP contribution >= 0.6 is 0 Å². The SMILES string of the molecule is CCCn1ccnc1CC(=O)CCNC(C)(C)C. The Balaban J connectivity index is 2.37. The summed E-state index contributed by atoms with van der Waals surface area (Å²) in [6.45, 7) is 10.1. The normalized spacial score (nSPS) is 11.8. The highest BCUT2D eigenvalue weighted by Crippen LogP contribution is 2.03. The Kier molecular flexibility index (Phi) is 5.54. The molecule has 0 aliphatic heterocycles. The molecule has 0 spiro atoms. The lowest BCUT2D eigenvalue weighted by atomic mass is 10.1. The molecule has 0 fully saturated rings. The summed E-state index contributed by atoms with van der Waals surface area (Å²) in [5, 5.41) is 3.32. The zero-order valence-corrected chi connectivity index (χ0v) is 12.0. The van der Waals surface area contributed by atoms with E-state index in [4.69, 9.17) is 0 Å². The van der Waals surface area contributed by atoms with Gasteiger partial charge in [0.15, 0.2) is 0 Å². The number of carbonyl (C=O) groups is 1. The van der Waals surface area contributed by atoms with Gasteiger partial charge in [-0.05, 0) is 27.2 Å². The Morgan fingerprint density at radius 2 is 2.17 bits per heavy atom. The second-order valence-corrected chi connectivity index (χ2v) is 5.68. The van der Waals surface area contributed by atoms with E-state index in [9.17, 15) is 4.79 Å². The Hall–Kier alpha value is -1.16. The summed E-state index contributed by atoms with van der Waals surface area (Å²) >= 11 is 0. The van der Waals surface area contributed by atoms with E-state index in [1.165, 1.54) is 0 Å². The molecule has 0 atom stereocenters. The van der Waals surface area contributed by atoms with E-state index in [0.717, 1.165) is 25.3 Å². The van der Waals surface area contributed by atoms with Crippen LogP contribution in [-0.4, -0.2) is 27.4 Å². The second-order valence-electron chi connectivity index (χ2n) is 5.68. The number of nitrogens with one attached hydrogen (secondary N) is 1. The van der Waals surface area contributed by atoms with Gasteiger partial charge in [0, 0.05) is 37.4 Å². The van der Waals surface area contributed by atoms with Gasteiger partial charge >= 0.3 is 0 Å². The molecule has 0 unspecified atom stereocenters. The summed E-state index contributed by atoms with van der Waals surface area (Å²) in [4.78, 5) is 16.1. The maximum absolute atomic E-state index is 11.9. The first kappa shape index (κ1) is 14.9. The van der Waals surface area contributed by atoms with E-state index in [-0.39, 0.29) is 11.3 Å². The van der Waals surface area contributed by atoms with E-state index >= 15 is 0 Å². The highest BCUT2D eigenvalue weighted by Gasteiger charge is 2.11. The molecule has 0 aliphatic carbocycles. The molecule has 1 N–H and O–H groups in total. The van der Waals surface area contributed by atoms with Crippen LogP contribution in [0.2, 0.25) is 0 Å². The lowest BCUT2D eigenvalue weighted by Gasteiger charge is -2.20. The number of nitrogens with zero attached hydrogens (tertiary/aromatic N) is 2. The van der Waals surface area contributed by atoms with Crippen LogP contribution in [0.1, 0.15) is 46.4 Å². The van der Waals surface area contributed by atoms with Gasteiger partial charge in [-0.1, -0.05) is 6.92 Å². The molecule has 0 aromatic carbocycles. The molecule has 0 aliphatic rings. The number of Topliss-reactive ketones (excluding diaryl/α,β-unsaturated/α-hetero) is 1. The van der Waals surface area contributed by atoms with E-state index in [0.29, 0.717) is 12.8 Å². The summed E-state index contributed by atoms with van der Waals surface area (Å²) < 4.78 is 2.06. The fraction of sp³-hybridized carbons (Fsp3) is 0.714. The largest absolute Gasteiger partial charge is 0.335 e. The fourth-order valence-electron chi connectivity index (χ4n) is 1.79. The second kappa shape index (κ2) is 6.69. The summed E-state index contributed by atoms with van der Waals surface area (Å²) in [6.07, 6.45) is 5.78. The van der Waals surface area contributed by atoms with Gasteiger partial charge in [0.25, 0.3) is 0 Å². The monoisotopic (exact) mass is 251 g/mol. The third kappa shape index (κ3) is 5.45. The van der Waals surface area contributed by atoms with Gasteiger partial charge < -0.3 is 9.88 Å². The number of carbonyl (C=O) groups excluding carboxylic acids is 1. The van der Waals surface area contributed by atoms with Crippen LogP contribution in [0.15, 0.2) is 12.4 Å². The van der Waals surface area contributed by atoms with Crippen molar-refractivity contribution in [1.29, 1.82) is 0 Å². The number of ketones is 1. The Morgan fingerprint density at radius 1 is 1.44 bits per heavy atom. The maximum atomic E-state index is 11.9. The standard InChI is InChI=1S/C14H25N3O/c1-5-9-17-10-8-15-13(17)11-12(18)6-7-16-14(2,3)4/h8,10,16H,5-7,9,11H2,1-4H3. The molecule has 1 rings (SSSR count). The number of aryl methyl sites for hydroxylation is 1. The molecule has 0 radical (unpaired) electrons. The van der Waals surface area contributed by atoms with Gasteiger partial charge in [-0.3, -0.25) is 4.79 Å². The molecule has 18 heavy (non-hydrogen) atoms. The summed E-state index contributed by atoms with van der Waals surface area (Å²) in [5.41, 5.74) is 0.0704. The average Bonchev–Trinajstić information content (AvgIpc) is 2.64. The van der Waals surface area contributed by atoms with E-state index in [1.54, 1.807) is 6.20 Å². The maximum Gasteiger partial charge on any atom is 0.141 e. The third-order valence-electron chi connectivity index (χ3n) is 2.68. The highest BCUT2D eigenvalue weighted by molar-refractivity contribution is 5.80. The number of rotatable bonds is 7. The lowest BCUT2D eigenvalue weighted by Crippen LogP contribution is -2.37. The van der Waals surface area contributed by atoms with Crippen molar-refractivity contribution in [2.24, 2.45) is 0 Å². The minimum atomic E-state index is 0.0704. The predicted molar refractivity (Wildman–Crippen MR) is 73.6 cm³/mol. The highest BCUT2D eigenvalue weighted by atomic mass is 16.1. The summed E-state index contributed by atoms with van der Waals surface area (Å²) in [5.74, 6) is 1.13. The Labute approximate surface area is 110 Å². The van der Waals surface area contributed by atoms with Crippen molar-refractivity contribution in [2.45, 2.75) is 59.0 Å². The van der Waals surface area contributed by atoms with Crippen molar-refractivity contribution in [3.63, 3.8) is 0 Å². The van der Waals surface area contributed by atoms with Crippen molar-refractivity contribution >= 4 is 5.78 Å². The minimum absolute atomic E-state index is 0.0704. The van der Waals surface area contributed by atoms with E-state index in [1.807, 2.05) is 6.20 Å². The van der Waals surface area contributed by atoms with Crippen LogP contribution in [0, 0.1) is 0 Å². The van der Waals surface area contributed by atoms with Crippen LogP contribution in [0.3, 0.4) is 0 Å². The van der Waals surface area contributed by atoms with Crippen LogP contribution in [0.4, 0.5) is 0 Å². The molecule has 0 amide bonds. The number of hydrogen-bond donors (Lipinski definition) is 1. The molecule has 4 nitrogen and oxygen atoms in total. The Bertz CT molecular complexity index is 377. The predicted octanol–water partition coefficient (Wildman–Crippen LogP) is 2.18. The molecular weight excluding hydrogens is 226 g/mol. The zero-order chi connectivity index (χ0) is 13.6. The quantitative estimate of drug-likeness (QED) is 0.808. The van der Waals surface area contributed by atoms with E-state index in [2.05, 4.69) is 42.6 Å². The van der Waals surface area contributed by atoms with Crippen molar-refractivity contribution in [1.82, 2.24) is 14.9 Å². The molecule has 0 saturated carbocycles. The van der Waals surface area contributed by atoms with Gasteiger partial charge in [0.05, 0.1) is 6.42 Å². The summed E-state index contributed by atoms with van der Waals surface area (Å²) in [6, 6.07) is 0. The molecule has 1 aromatic rings. The molecular formula is C14H25N3O. The van der Waals surface area contributed by atoms with Crippen molar-refractivity contribution in [2.75, 3.05) is 6.54 Å². The van der Waals surface area contributed by atoms with Crippen LogP contribution in [0.5, 0.6) is 0 Å².